The number of nitrogens with zero attached hydrogens (tertiary/aromatic N) is 1. The fourth-order valence-corrected chi connectivity index (χ4v) is 5.94. The summed E-state index contributed by atoms with van der Waals surface area (Å²) in [7, 11) is 0. The predicted molar refractivity (Wildman–Crippen MR) is 137 cm³/mol. The van der Waals surface area contributed by atoms with Gasteiger partial charge in [0.15, 0.2) is 0 Å². The average Bonchev–Trinajstić information content (AvgIpc) is 3.18. The van der Waals surface area contributed by atoms with E-state index in [0.29, 0.717) is 31.7 Å². The Balaban J connectivity index is 1.22. The Morgan fingerprint density at radius 2 is 1.77 bits per heavy atom. The van der Waals surface area contributed by atoms with Crippen molar-refractivity contribution in [1.82, 2.24) is 10.2 Å². The molecule has 1 aliphatic carbocycles. The maximum Gasteiger partial charge on any atom is 0.407 e. The fraction of sp³-hybridized carbons (Fsp3) is 0.444. The predicted octanol–water partition coefficient (Wildman–Crippen LogP) is 4.36. The van der Waals surface area contributed by atoms with Crippen molar-refractivity contribution in [2.24, 2.45) is 5.92 Å². The molecule has 0 saturated carbocycles. The zero-order chi connectivity index (χ0) is 24.8. The van der Waals surface area contributed by atoms with Crippen LogP contribution in [0, 0.1) is 5.92 Å². The Morgan fingerprint density at radius 1 is 1.11 bits per heavy atom. The average molecular weight is 497 g/mol. The Bertz CT molecular complexity index is 1030. The molecule has 2 aliphatic rings. The number of ether oxygens (including phenoxy) is 1. The van der Waals surface area contributed by atoms with E-state index < -0.39 is 12.1 Å². The minimum absolute atomic E-state index is 0.00968. The molecule has 1 heterocycles. The van der Waals surface area contributed by atoms with Crippen LogP contribution in [-0.4, -0.2) is 65.2 Å². The van der Waals surface area contributed by atoms with Gasteiger partial charge in [-0.2, -0.15) is 11.8 Å². The first-order valence-electron chi connectivity index (χ1n) is 12.1. The van der Waals surface area contributed by atoms with Crippen molar-refractivity contribution in [3.05, 3.63) is 59.7 Å². The van der Waals surface area contributed by atoms with Gasteiger partial charge in [0.25, 0.3) is 0 Å². The highest BCUT2D eigenvalue weighted by Crippen LogP contribution is 2.44. The van der Waals surface area contributed by atoms with E-state index in [1.54, 1.807) is 16.7 Å². The molecule has 2 unspecified atom stereocenters. The van der Waals surface area contributed by atoms with Crippen molar-refractivity contribution in [3.8, 4) is 11.1 Å². The SMILES string of the molecule is CC(CCC(=O)N1CCSCC1CC(=O)O)CNC(=O)OCC1c2ccccc2-c2ccccc21. The summed E-state index contributed by atoms with van der Waals surface area (Å²) in [6.45, 7) is 3.26. The van der Waals surface area contributed by atoms with Gasteiger partial charge in [-0.05, 0) is 34.6 Å². The van der Waals surface area contributed by atoms with Crippen molar-refractivity contribution in [1.29, 1.82) is 0 Å². The molecule has 2 aromatic carbocycles. The van der Waals surface area contributed by atoms with E-state index in [-0.39, 0.29) is 36.8 Å². The van der Waals surface area contributed by atoms with Gasteiger partial charge in [-0.25, -0.2) is 4.79 Å². The second-order valence-electron chi connectivity index (χ2n) is 9.26. The highest BCUT2D eigenvalue weighted by molar-refractivity contribution is 7.99. The number of aliphatic carboxylic acids is 1. The molecule has 1 aliphatic heterocycles. The summed E-state index contributed by atoms with van der Waals surface area (Å²) in [5.74, 6) is 0.721. The van der Waals surface area contributed by atoms with Crippen LogP contribution in [0.5, 0.6) is 0 Å². The van der Waals surface area contributed by atoms with Gasteiger partial charge >= 0.3 is 12.1 Å². The molecule has 2 amide bonds. The van der Waals surface area contributed by atoms with Crippen LogP contribution in [0.2, 0.25) is 0 Å². The maximum absolute atomic E-state index is 12.7. The number of carbonyl (C=O) groups excluding carboxylic acids is 2. The van der Waals surface area contributed by atoms with Gasteiger partial charge in [0.2, 0.25) is 5.91 Å². The summed E-state index contributed by atoms with van der Waals surface area (Å²) in [6.07, 6.45) is 0.484. The molecule has 35 heavy (non-hydrogen) atoms. The third-order valence-corrected chi connectivity index (χ3v) is 7.84. The molecule has 2 atom stereocenters. The van der Waals surface area contributed by atoms with Crippen molar-refractivity contribution in [3.63, 3.8) is 0 Å². The van der Waals surface area contributed by atoms with Crippen LogP contribution in [0.4, 0.5) is 4.79 Å². The normalized spacial score (nSPS) is 17.9. The van der Waals surface area contributed by atoms with Crippen LogP contribution in [-0.2, 0) is 14.3 Å². The summed E-state index contributed by atoms with van der Waals surface area (Å²) in [4.78, 5) is 37.9. The molecular formula is C27H32N2O5S. The van der Waals surface area contributed by atoms with Crippen LogP contribution in [0.15, 0.2) is 48.5 Å². The molecule has 0 bridgehead atoms. The van der Waals surface area contributed by atoms with Crippen LogP contribution in [0.25, 0.3) is 11.1 Å². The van der Waals surface area contributed by atoms with Gasteiger partial charge in [-0.15, -0.1) is 0 Å². The first-order chi connectivity index (χ1) is 16.9. The van der Waals surface area contributed by atoms with Crippen molar-refractivity contribution >= 4 is 29.7 Å². The van der Waals surface area contributed by atoms with Gasteiger partial charge in [0.1, 0.15) is 6.61 Å². The molecule has 186 valence electrons. The molecule has 2 N–H and O–H groups in total. The van der Waals surface area contributed by atoms with Gasteiger partial charge in [0.05, 0.1) is 12.5 Å². The number of hydrogen-bond acceptors (Lipinski definition) is 5. The zero-order valence-electron chi connectivity index (χ0n) is 19.9. The third-order valence-electron chi connectivity index (χ3n) is 6.75. The number of rotatable bonds is 9. The number of alkyl carbamates (subject to hydrolysis) is 1. The Morgan fingerprint density at radius 3 is 2.43 bits per heavy atom. The summed E-state index contributed by atoms with van der Waals surface area (Å²) >= 11 is 1.69. The monoisotopic (exact) mass is 496 g/mol. The minimum atomic E-state index is -0.879. The summed E-state index contributed by atoms with van der Waals surface area (Å²) < 4.78 is 5.58. The van der Waals surface area contributed by atoms with Gasteiger partial charge < -0.3 is 20.1 Å². The number of nitrogens with one attached hydrogen (secondary N) is 1. The highest BCUT2D eigenvalue weighted by Gasteiger charge is 2.30. The van der Waals surface area contributed by atoms with E-state index in [0.717, 1.165) is 5.75 Å². The van der Waals surface area contributed by atoms with Crippen LogP contribution >= 0.6 is 11.8 Å². The number of carboxylic acids is 1. The van der Waals surface area contributed by atoms with Gasteiger partial charge in [0, 0.05) is 36.9 Å². The first-order valence-corrected chi connectivity index (χ1v) is 13.3. The number of fused-ring (bicyclic) bond motifs is 3. The second kappa shape index (κ2) is 11.6. The first kappa shape index (κ1) is 25.1. The van der Waals surface area contributed by atoms with Crippen LogP contribution in [0.1, 0.15) is 43.2 Å². The van der Waals surface area contributed by atoms with Crippen LogP contribution in [0.3, 0.4) is 0 Å². The molecule has 4 rings (SSSR count). The second-order valence-corrected chi connectivity index (χ2v) is 10.4. The molecule has 1 fully saturated rings. The topological polar surface area (TPSA) is 95.9 Å². The standard InChI is InChI=1S/C27H32N2O5S/c1-18(10-11-25(30)29-12-13-35-17-19(29)14-26(31)32)15-28-27(33)34-16-24-22-8-4-2-6-20(22)21-7-3-5-9-23(21)24/h2-9,18-19,24H,10-17H2,1H3,(H,28,33)(H,31,32). The number of carbonyl (C=O) groups is 3. The van der Waals surface area contributed by atoms with Crippen molar-refractivity contribution in [2.45, 2.75) is 38.1 Å². The number of thioether (sulfide) groups is 1. The van der Waals surface area contributed by atoms with Gasteiger partial charge in [-0.3, -0.25) is 9.59 Å². The number of amides is 2. The third kappa shape index (κ3) is 6.17. The van der Waals surface area contributed by atoms with E-state index in [9.17, 15) is 14.4 Å². The number of benzene rings is 2. The number of carboxylic acid groups (broad SMARTS) is 1. The van der Waals surface area contributed by atoms with Crippen molar-refractivity contribution < 1.29 is 24.2 Å². The largest absolute Gasteiger partial charge is 0.481 e. The summed E-state index contributed by atoms with van der Waals surface area (Å²) in [5.41, 5.74) is 4.72. The number of hydrogen-bond donors (Lipinski definition) is 2. The fourth-order valence-electron chi connectivity index (χ4n) is 4.88. The molecule has 2 aromatic rings. The van der Waals surface area contributed by atoms with E-state index in [4.69, 9.17) is 9.84 Å². The molecule has 0 aromatic heterocycles. The molecule has 1 saturated heterocycles. The lowest BCUT2D eigenvalue weighted by atomic mass is 9.98. The smallest absolute Gasteiger partial charge is 0.407 e. The molecule has 7 nitrogen and oxygen atoms in total. The Kier molecular flexibility index (Phi) is 8.33. The summed E-state index contributed by atoms with van der Waals surface area (Å²) in [5, 5.41) is 11.9. The Labute approximate surface area is 210 Å². The molecular weight excluding hydrogens is 464 g/mol. The minimum Gasteiger partial charge on any atom is -0.481 e. The lowest BCUT2D eigenvalue weighted by Gasteiger charge is -2.35. The Hall–Kier alpha value is -3.00. The van der Waals surface area contributed by atoms with Crippen molar-refractivity contribution in [2.75, 3.05) is 31.2 Å². The maximum atomic E-state index is 12.7. The zero-order valence-corrected chi connectivity index (χ0v) is 20.8. The van der Waals surface area contributed by atoms with E-state index >= 15 is 0 Å². The van der Waals surface area contributed by atoms with Crippen LogP contribution < -0.4 is 5.32 Å². The quantitative estimate of drug-likeness (QED) is 0.536. The highest BCUT2D eigenvalue weighted by atomic mass is 32.2. The van der Waals surface area contributed by atoms with Gasteiger partial charge in [-0.1, -0.05) is 55.5 Å². The lowest BCUT2D eigenvalue weighted by molar-refractivity contribution is -0.140. The van der Waals surface area contributed by atoms with E-state index in [2.05, 4.69) is 29.6 Å². The summed E-state index contributed by atoms with van der Waals surface area (Å²) in [6, 6.07) is 16.2. The molecule has 0 radical (unpaired) electrons. The molecule has 8 heteroatoms. The lowest BCUT2D eigenvalue weighted by Crippen LogP contribution is -2.47. The van der Waals surface area contributed by atoms with E-state index in [1.165, 1.54) is 22.3 Å². The molecule has 0 spiro atoms. The van der Waals surface area contributed by atoms with E-state index in [1.807, 2.05) is 31.2 Å².